The van der Waals surface area contributed by atoms with E-state index < -0.39 is 17.7 Å². The van der Waals surface area contributed by atoms with Crippen LogP contribution in [0.3, 0.4) is 0 Å². The van der Waals surface area contributed by atoms with Gasteiger partial charge in [-0.3, -0.25) is 9.59 Å². The number of hydrogen-bond acceptors (Lipinski definition) is 6. The Hall–Kier alpha value is -3.32. The van der Waals surface area contributed by atoms with Crippen molar-refractivity contribution < 1.29 is 24.2 Å². The van der Waals surface area contributed by atoms with E-state index in [2.05, 4.69) is 13.8 Å². The Morgan fingerprint density at radius 1 is 1.09 bits per heavy atom. The Bertz CT molecular complexity index is 1040. The number of rotatable bonds is 10. The molecule has 0 aromatic heterocycles. The molecule has 0 bridgehead atoms. The van der Waals surface area contributed by atoms with Gasteiger partial charge >= 0.3 is 0 Å². The van der Waals surface area contributed by atoms with Gasteiger partial charge in [-0.2, -0.15) is 0 Å². The second-order valence-corrected chi connectivity index (χ2v) is 9.12. The van der Waals surface area contributed by atoms with Gasteiger partial charge in [-0.15, -0.1) is 0 Å². The van der Waals surface area contributed by atoms with Gasteiger partial charge < -0.3 is 24.4 Å². The summed E-state index contributed by atoms with van der Waals surface area (Å²) >= 11 is 0. The second-order valence-electron chi connectivity index (χ2n) is 9.12. The van der Waals surface area contributed by atoms with E-state index >= 15 is 0 Å². The van der Waals surface area contributed by atoms with E-state index in [1.54, 1.807) is 37.4 Å². The minimum Gasteiger partial charge on any atom is -0.507 e. The van der Waals surface area contributed by atoms with Crippen LogP contribution in [-0.4, -0.2) is 67.5 Å². The second kappa shape index (κ2) is 11.2. The Morgan fingerprint density at radius 3 is 2.38 bits per heavy atom. The van der Waals surface area contributed by atoms with Crippen molar-refractivity contribution in [1.29, 1.82) is 0 Å². The Kier molecular flexibility index (Phi) is 8.34. The molecule has 182 valence electrons. The molecule has 34 heavy (non-hydrogen) atoms. The number of benzene rings is 2. The summed E-state index contributed by atoms with van der Waals surface area (Å²) in [7, 11) is 5.47. The first-order valence-electron chi connectivity index (χ1n) is 11.5. The van der Waals surface area contributed by atoms with Gasteiger partial charge in [0.2, 0.25) is 0 Å². The summed E-state index contributed by atoms with van der Waals surface area (Å²) in [5, 5.41) is 11.2. The zero-order valence-electron chi connectivity index (χ0n) is 20.6. The van der Waals surface area contributed by atoms with Crippen molar-refractivity contribution >= 4 is 17.4 Å². The van der Waals surface area contributed by atoms with Crippen LogP contribution in [0.25, 0.3) is 5.76 Å². The van der Waals surface area contributed by atoms with E-state index in [0.717, 1.165) is 6.54 Å². The van der Waals surface area contributed by atoms with Crippen LogP contribution in [-0.2, 0) is 9.59 Å². The molecule has 0 radical (unpaired) electrons. The number of aliphatic hydroxyl groups is 1. The zero-order chi connectivity index (χ0) is 24.8. The maximum atomic E-state index is 13.2. The van der Waals surface area contributed by atoms with Gasteiger partial charge in [0, 0.05) is 17.7 Å². The molecule has 3 rings (SSSR count). The lowest BCUT2D eigenvalue weighted by molar-refractivity contribution is -0.140. The molecule has 7 nitrogen and oxygen atoms in total. The molecule has 0 aliphatic carbocycles. The van der Waals surface area contributed by atoms with Crippen molar-refractivity contribution in [3.8, 4) is 11.5 Å². The third kappa shape index (κ3) is 5.59. The Balaban J connectivity index is 2.04. The zero-order valence-corrected chi connectivity index (χ0v) is 20.6. The average molecular weight is 467 g/mol. The number of carbonyl (C=O) groups is 2. The maximum absolute atomic E-state index is 13.2. The number of aliphatic hydroxyl groups excluding tert-OH is 1. The lowest BCUT2D eigenvalue weighted by Gasteiger charge is -2.27. The first-order valence-corrected chi connectivity index (χ1v) is 11.5. The van der Waals surface area contributed by atoms with Crippen LogP contribution in [0.1, 0.15) is 37.4 Å². The molecule has 1 aliphatic rings. The minimum atomic E-state index is -0.741. The highest BCUT2D eigenvalue weighted by atomic mass is 16.5. The molecule has 1 aliphatic heterocycles. The van der Waals surface area contributed by atoms with Gasteiger partial charge in [0.05, 0.1) is 25.3 Å². The van der Waals surface area contributed by atoms with Crippen molar-refractivity contribution in [1.82, 2.24) is 9.80 Å². The molecule has 1 saturated heterocycles. The molecule has 0 spiro atoms. The number of nitrogens with zero attached hydrogens (tertiary/aromatic N) is 2. The molecular formula is C27H34N2O5. The van der Waals surface area contributed by atoms with Crippen molar-refractivity contribution in [3.63, 3.8) is 0 Å². The molecule has 7 heteroatoms. The number of Topliss-reactive ketones (excluding diaryl/α,β-unsaturated/α-hetero) is 1. The van der Waals surface area contributed by atoms with Gasteiger partial charge in [-0.1, -0.05) is 32.0 Å². The first kappa shape index (κ1) is 25.3. The normalized spacial score (nSPS) is 17.6. The summed E-state index contributed by atoms with van der Waals surface area (Å²) in [4.78, 5) is 29.8. The van der Waals surface area contributed by atoms with Gasteiger partial charge in [-0.05, 0) is 63.3 Å². The molecule has 0 unspecified atom stereocenters. The smallest absolute Gasteiger partial charge is 0.295 e. The van der Waals surface area contributed by atoms with Crippen LogP contribution in [0, 0.1) is 5.92 Å². The van der Waals surface area contributed by atoms with Crippen molar-refractivity contribution in [3.05, 3.63) is 65.2 Å². The van der Waals surface area contributed by atoms with Crippen LogP contribution >= 0.6 is 0 Å². The van der Waals surface area contributed by atoms with E-state index in [4.69, 9.17) is 9.47 Å². The van der Waals surface area contributed by atoms with E-state index in [9.17, 15) is 14.7 Å². The summed E-state index contributed by atoms with van der Waals surface area (Å²) in [6.45, 7) is 5.85. The summed E-state index contributed by atoms with van der Waals surface area (Å²) in [5.41, 5.74) is 1.17. The molecule has 0 saturated carbocycles. The summed E-state index contributed by atoms with van der Waals surface area (Å²) in [6.07, 6.45) is 0.688. The highest BCUT2D eigenvalue weighted by molar-refractivity contribution is 6.46. The number of likely N-dealkylation sites (tertiary alicyclic amines) is 1. The number of carbonyl (C=O) groups excluding carboxylic acids is 2. The largest absolute Gasteiger partial charge is 0.507 e. The third-order valence-electron chi connectivity index (χ3n) is 5.69. The quantitative estimate of drug-likeness (QED) is 0.323. The number of para-hydroxylation sites is 1. The predicted octanol–water partition coefficient (Wildman–Crippen LogP) is 4.10. The van der Waals surface area contributed by atoms with Crippen molar-refractivity contribution in [2.45, 2.75) is 26.3 Å². The number of hydrogen-bond donors (Lipinski definition) is 1. The van der Waals surface area contributed by atoms with Crippen LogP contribution in [0.15, 0.2) is 54.1 Å². The molecule has 1 N–H and O–H groups in total. The molecule has 1 amide bonds. The van der Waals surface area contributed by atoms with Crippen LogP contribution < -0.4 is 9.47 Å². The highest BCUT2D eigenvalue weighted by Gasteiger charge is 2.46. The average Bonchev–Trinajstić information content (AvgIpc) is 3.07. The van der Waals surface area contributed by atoms with Crippen LogP contribution in [0.4, 0.5) is 0 Å². The highest BCUT2D eigenvalue weighted by Crippen LogP contribution is 2.42. The van der Waals surface area contributed by atoms with Gasteiger partial charge in [0.1, 0.15) is 17.3 Å². The first-order chi connectivity index (χ1) is 16.2. The third-order valence-corrected chi connectivity index (χ3v) is 5.69. The number of ketones is 1. The van der Waals surface area contributed by atoms with Crippen molar-refractivity contribution in [2.24, 2.45) is 5.92 Å². The molecular weight excluding hydrogens is 432 g/mol. The van der Waals surface area contributed by atoms with Gasteiger partial charge in [-0.25, -0.2) is 0 Å². The fraction of sp³-hybridized carbons (Fsp3) is 0.407. The monoisotopic (exact) mass is 466 g/mol. The summed E-state index contributed by atoms with van der Waals surface area (Å²) < 4.78 is 11.3. The molecule has 1 fully saturated rings. The lowest BCUT2D eigenvalue weighted by Crippen LogP contribution is -2.32. The van der Waals surface area contributed by atoms with E-state index in [1.807, 2.05) is 37.2 Å². The summed E-state index contributed by atoms with van der Waals surface area (Å²) in [6, 6.07) is 13.4. The lowest BCUT2D eigenvalue weighted by atomic mass is 9.94. The minimum absolute atomic E-state index is 0.0650. The molecule has 1 atom stereocenters. The van der Waals surface area contributed by atoms with Crippen molar-refractivity contribution in [2.75, 3.05) is 40.9 Å². The van der Waals surface area contributed by atoms with E-state index in [0.29, 0.717) is 48.1 Å². The van der Waals surface area contributed by atoms with Gasteiger partial charge in [0.25, 0.3) is 11.7 Å². The molecule has 2 aromatic rings. The van der Waals surface area contributed by atoms with Crippen LogP contribution in [0.5, 0.6) is 11.5 Å². The Morgan fingerprint density at radius 2 is 1.76 bits per heavy atom. The van der Waals surface area contributed by atoms with E-state index in [-0.39, 0.29) is 11.3 Å². The number of methoxy groups -OCH3 is 1. The van der Waals surface area contributed by atoms with E-state index in [1.165, 1.54) is 4.90 Å². The van der Waals surface area contributed by atoms with Gasteiger partial charge in [0.15, 0.2) is 0 Å². The standard InChI is InChI=1S/C27H34N2O5/c1-18(2)17-34-20-13-11-19(12-14-20)25(30)23-24(21-9-6-7-10-22(21)33-5)29(27(32)26(23)31)16-8-15-28(3)4/h6-7,9-14,18,24,30H,8,15-17H2,1-5H3/t24-/m1/s1. The molecule has 1 heterocycles. The SMILES string of the molecule is COc1ccccc1[C@@H]1C(=C(O)c2ccc(OCC(C)C)cc2)C(=O)C(=O)N1CCCN(C)C. The fourth-order valence-electron chi connectivity index (χ4n) is 4.01. The number of ether oxygens (including phenoxy) is 2. The Labute approximate surface area is 201 Å². The number of amides is 1. The maximum Gasteiger partial charge on any atom is 0.295 e. The summed E-state index contributed by atoms with van der Waals surface area (Å²) in [5.74, 6) is 0.0923. The topological polar surface area (TPSA) is 79.3 Å². The fourth-order valence-corrected chi connectivity index (χ4v) is 4.01. The van der Waals surface area contributed by atoms with Crippen LogP contribution in [0.2, 0.25) is 0 Å². The molecule has 2 aromatic carbocycles. The predicted molar refractivity (Wildman–Crippen MR) is 132 cm³/mol.